The molecule has 0 spiro atoms. The number of carbonyl (C=O) groups is 10. The number of unbranched alkanes of at least 4 members (excludes halogenated alkanes) is 1. The predicted molar refractivity (Wildman–Crippen MR) is 384 cm³/mol. The van der Waals surface area contributed by atoms with Gasteiger partial charge in [-0.3, -0.25) is 47.9 Å². The number of halogens is 2. The zero-order valence-corrected chi connectivity index (χ0v) is 58.2. The van der Waals surface area contributed by atoms with Crippen LogP contribution in [0.15, 0.2) is 104 Å². The first-order valence-corrected chi connectivity index (χ1v) is 35.8. The van der Waals surface area contributed by atoms with Crippen LogP contribution in [0.4, 0.5) is 8.78 Å². The Morgan fingerprint density at radius 1 is 0.683 bits per heavy atom. The van der Waals surface area contributed by atoms with Gasteiger partial charge in [-0.15, -0.1) is 0 Å². The second kappa shape index (κ2) is 35.5. The van der Waals surface area contributed by atoms with Crippen molar-refractivity contribution in [3.05, 3.63) is 154 Å². The van der Waals surface area contributed by atoms with Crippen molar-refractivity contribution >= 4 is 104 Å². The number of hydrogen-bond donors (Lipinski definition) is 13. The first-order valence-electron chi connectivity index (χ1n) is 33.5. The second-order valence-corrected chi connectivity index (χ2v) is 27.8. The van der Waals surface area contributed by atoms with Crippen molar-refractivity contribution in [2.45, 2.75) is 151 Å². The molecule has 8 atom stereocenters. The maximum Gasteiger partial charge on any atom is 0.305 e. The van der Waals surface area contributed by atoms with E-state index in [9.17, 15) is 38.3 Å². The van der Waals surface area contributed by atoms with Crippen LogP contribution in [0, 0.1) is 18.6 Å². The molecule has 5 heterocycles. The standard InChI is InChI=1S/C71H86F2N14O12S2.3H2/c1-40-25-42(12-17-60(40)99-4)27-59-69(97)87-22-8-19-71(87,3)70(98)76-21-24-101-38-44-10-7-9-43(26-44)37-100-23-18-61(88)81-54(11-5-6-20-74)64(92)80-41(2)63(91)82-55(28-45-34-77-52-15-13-47(72)30-50(45)52)65(93)83-56(29-46-35-78-53-16-14-48(73)31-51(46)53)66(94)85-58(33-62(89)90)68(96)84-57(67(95)86-59)32-49-36-75-39-79-49;;;/h7,9-10,12-17,25-26,30-31,34-36,39,41,54-59,77-78H,5-6,8,11,18-24,27-29,32-33,37-38,74H2,1-4H3,(H,75,79)(H,76,98)(H,80,92)(H,81,88)(H,82,91)(H,83,93)(H,84,96)(H,85,94)(H,86,95)(H,89,90);3*1H/t41-,54+,55+,56+,57+,58+,59+,71+;;;/m1.../s1. The van der Waals surface area contributed by atoms with Crippen LogP contribution in [0.5, 0.6) is 5.75 Å². The van der Waals surface area contributed by atoms with Crippen LogP contribution >= 0.6 is 23.5 Å². The van der Waals surface area contributed by atoms with Crippen molar-refractivity contribution in [2.75, 3.05) is 38.2 Å². The molecule has 2 bridgehead atoms. The van der Waals surface area contributed by atoms with Crippen molar-refractivity contribution < 1.29 is 70.8 Å². The predicted octanol–water partition coefficient (Wildman–Crippen LogP) is 5.06. The summed E-state index contributed by atoms with van der Waals surface area (Å²) in [7, 11) is 1.51. The molecule has 7 aromatic rings. The lowest BCUT2D eigenvalue weighted by molar-refractivity contribution is -0.146. The number of aromatic amines is 3. The number of carboxylic acid groups (broad SMARTS) is 1. The van der Waals surface area contributed by atoms with E-state index in [4.69, 9.17) is 10.5 Å². The Labute approximate surface area is 595 Å². The molecule has 0 radical (unpaired) electrons. The van der Waals surface area contributed by atoms with Crippen molar-refractivity contribution in [3.8, 4) is 5.75 Å². The van der Waals surface area contributed by atoms with Gasteiger partial charge < -0.3 is 78.0 Å². The maximum absolute atomic E-state index is 15.3. The number of aliphatic carboxylic acids is 1. The van der Waals surface area contributed by atoms with Gasteiger partial charge in [0.25, 0.3) is 0 Å². The van der Waals surface area contributed by atoms with Gasteiger partial charge in [-0.25, -0.2) is 13.8 Å². The fourth-order valence-corrected chi connectivity index (χ4v) is 14.2. The molecule has 14 N–H and O–H groups in total. The van der Waals surface area contributed by atoms with E-state index in [0.717, 1.165) is 16.7 Å². The van der Waals surface area contributed by atoms with Gasteiger partial charge in [0.1, 0.15) is 65.2 Å². The van der Waals surface area contributed by atoms with Gasteiger partial charge in [-0.05, 0) is 135 Å². The van der Waals surface area contributed by atoms with Crippen LogP contribution in [-0.2, 0) is 85.1 Å². The van der Waals surface area contributed by atoms with Crippen molar-refractivity contribution in [2.24, 2.45) is 5.73 Å². The van der Waals surface area contributed by atoms with Crippen molar-refractivity contribution in [1.29, 1.82) is 0 Å². The number of aryl methyl sites for hydroxylation is 1. The van der Waals surface area contributed by atoms with E-state index in [1.807, 2.05) is 25.1 Å². The largest absolute Gasteiger partial charge is 0.496 e. The van der Waals surface area contributed by atoms with Gasteiger partial charge in [0, 0.05) is 119 Å². The van der Waals surface area contributed by atoms with Crippen LogP contribution in [0.2, 0.25) is 0 Å². The lowest BCUT2D eigenvalue weighted by Gasteiger charge is -2.36. The van der Waals surface area contributed by atoms with Gasteiger partial charge in [0.05, 0.1) is 19.9 Å². The lowest BCUT2D eigenvalue weighted by atomic mass is 9.95. The van der Waals surface area contributed by atoms with Crippen LogP contribution in [-0.4, -0.2) is 175 Å². The van der Waals surface area contributed by atoms with Crippen LogP contribution < -0.4 is 53.0 Å². The number of nitrogens with one attached hydrogen (secondary N) is 11. The van der Waals surface area contributed by atoms with E-state index in [1.165, 1.54) is 92.0 Å². The number of fused-ring (bicyclic) bond motifs is 5. The molecule has 0 aliphatic carbocycles. The average Bonchev–Trinajstić information content (AvgIpc) is 1.65. The number of carboxylic acids is 1. The molecule has 0 unspecified atom stereocenters. The Balaban J connectivity index is 0.00000566. The monoisotopic (exact) mass is 1430 g/mol. The van der Waals surface area contributed by atoms with E-state index < -0.39 is 131 Å². The number of carbonyl (C=O) groups excluding carboxylic acids is 9. The summed E-state index contributed by atoms with van der Waals surface area (Å²) in [6.45, 7) is 5.58. The third-order valence-corrected chi connectivity index (χ3v) is 20.1. The number of hydrogen-bond acceptors (Lipinski definition) is 15. The number of methoxy groups -OCH3 is 1. The molecule has 101 heavy (non-hydrogen) atoms. The quantitative estimate of drug-likeness (QED) is 0.0597. The first kappa shape index (κ1) is 75.4. The van der Waals surface area contributed by atoms with E-state index >= 15 is 23.6 Å². The van der Waals surface area contributed by atoms with E-state index in [2.05, 4.69) is 68.5 Å². The Morgan fingerprint density at radius 2 is 1.27 bits per heavy atom. The summed E-state index contributed by atoms with van der Waals surface area (Å²) in [6, 6.07) is 10.1. The number of rotatable bonds is 15. The average molecular weight is 1440 g/mol. The summed E-state index contributed by atoms with van der Waals surface area (Å²) in [4.78, 5) is 159. The number of imidazole rings is 1. The SMILES string of the molecule is COc1ccc(C[C@@H]2NC(=O)[C@H](Cc3cnc[nH]3)NC(=O)[C@H](CC(=O)O)NC(=O)[C@H](Cc3c[nH]c4ccc(F)cc34)NC(=O)[C@H](Cc3c[nH]c4ccc(F)cc34)NC(=O)[C@@H](C)NC(=O)[C@H](CCCCN)NC(=O)CCSCc3cccc(c3)CSCCNC(=O)[C@]3(C)CCCN3C2=O)cc1C.[HH].[HH].[HH]. The zero-order chi connectivity index (χ0) is 72.3. The van der Waals surface area contributed by atoms with Gasteiger partial charge in [0.15, 0.2) is 0 Å². The number of ether oxygens (including phenoxy) is 1. The molecule has 30 heteroatoms. The maximum atomic E-state index is 15.3. The highest BCUT2D eigenvalue weighted by molar-refractivity contribution is 7.98. The molecule has 544 valence electrons. The molecule has 4 aromatic carbocycles. The molecule has 9 amide bonds. The molecule has 26 nitrogen and oxygen atoms in total. The van der Waals surface area contributed by atoms with E-state index in [1.54, 1.807) is 36.9 Å². The minimum Gasteiger partial charge on any atom is -0.496 e. The van der Waals surface area contributed by atoms with Crippen LogP contribution in [0.3, 0.4) is 0 Å². The molecule has 3 aromatic heterocycles. The number of H-pyrrole nitrogens is 3. The van der Waals surface area contributed by atoms with Gasteiger partial charge in [-0.1, -0.05) is 36.4 Å². The normalized spacial score (nSPS) is 22.7. The van der Waals surface area contributed by atoms with E-state index in [0.29, 0.717) is 94.2 Å². The Morgan fingerprint density at radius 3 is 1.86 bits per heavy atom. The summed E-state index contributed by atoms with van der Waals surface area (Å²) in [5.74, 6) is -7.51. The topological polar surface area (TPSA) is 386 Å². The fraction of sp³-hybridized carbons (Fsp3) is 0.423. The highest BCUT2D eigenvalue weighted by Gasteiger charge is 2.48. The molecule has 1 saturated heterocycles. The number of aromatic nitrogens is 4. The highest BCUT2D eigenvalue weighted by atomic mass is 32.2. The summed E-state index contributed by atoms with van der Waals surface area (Å²) < 4.78 is 35.4. The first-order chi connectivity index (χ1) is 48.5. The Bertz CT molecular complexity index is 4160. The third-order valence-electron chi connectivity index (χ3n) is 18.0. The van der Waals surface area contributed by atoms with Crippen LogP contribution in [0.25, 0.3) is 21.8 Å². The zero-order valence-electron chi connectivity index (χ0n) is 56.6. The Hall–Kier alpha value is -9.81. The highest BCUT2D eigenvalue weighted by Crippen LogP contribution is 2.32. The molecule has 9 rings (SSSR count). The third kappa shape index (κ3) is 20.5. The minimum absolute atomic E-state index is 0. The molecule has 2 aliphatic heterocycles. The summed E-state index contributed by atoms with van der Waals surface area (Å²) in [5.41, 5.74) is 9.63. The van der Waals surface area contributed by atoms with Crippen LogP contribution in [0.1, 0.15) is 102 Å². The Kier molecular flexibility index (Phi) is 26.5. The van der Waals surface area contributed by atoms with E-state index in [-0.39, 0.29) is 60.4 Å². The molecule has 2 aliphatic rings. The molecular weight excluding hydrogens is 1340 g/mol. The van der Waals surface area contributed by atoms with Gasteiger partial charge >= 0.3 is 5.97 Å². The number of amides is 9. The molecule has 1 fully saturated rings. The number of benzene rings is 4. The van der Waals surface area contributed by atoms with Crippen molar-refractivity contribution in [3.63, 3.8) is 0 Å². The molecular formula is C71H92F2N14O12S2. The number of thioether (sulfide) groups is 2. The second-order valence-electron chi connectivity index (χ2n) is 25.5. The smallest absolute Gasteiger partial charge is 0.305 e. The summed E-state index contributed by atoms with van der Waals surface area (Å²) in [6.07, 6.45) is 5.27. The summed E-state index contributed by atoms with van der Waals surface area (Å²) >= 11 is 3.13. The lowest BCUT2D eigenvalue weighted by Crippen LogP contribution is -2.62. The fourth-order valence-electron chi connectivity index (χ4n) is 12.5. The minimum atomic E-state index is -2.00. The number of nitrogens with zero attached hydrogens (tertiary/aromatic N) is 2. The molecule has 0 saturated carbocycles. The number of nitrogens with two attached hydrogens (primary N) is 1. The summed E-state index contributed by atoms with van der Waals surface area (Å²) in [5, 5.41) is 32.8. The van der Waals surface area contributed by atoms with Crippen molar-refractivity contribution in [1.82, 2.24) is 67.4 Å². The van der Waals surface area contributed by atoms with Gasteiger partial charge in [0.2, 0.25) is 53.2 Å². The van der Waals surface area contributed by atoms with Gasteiger partial charge in [-0.2, -0.15) is 23.5 Å².